The highest BCUT2D eigenvalue weighted by atomic mass is 16.6. The number of aromatic nitrogens is 3. The van der Waals surface area contributed by atoms with Gasteiger partial charge in [0.25, 0.3) is 11.8 Å². The van der Waals surface area contributed by atoms with Crippen LogP contribution in [0.25, 0.3) is 11.3 Å². The fourth-order valence-electron chi connectivity index (χ4n) is 2.91. The van der Waals surface area contributed by atoms with Crippen LogP contribution in [0.3, 0.4) is 0 Å². The lowest BCUT2D eigenvalue weighted by Crippen LogP contribution is -2.29. The van der Waals surface area contributed by atoms with Crippen molar-refractivity contribution < 1.29 is 23.2 Å². The quantitative estimate of drug-likeness (QED) is 0.665. The number of benzene rings is 1. The second kappa shape index (κ2) is 6.89. The fourth-order valence-corrected chi connectivity index (χ4v) is 2.91. The van der Waals surface area contributed by atoms with Crippen LogP contribution in [0, 0.1) is 6.92 Å². The molecule has 136 valence electrons. The van der Waals surface area contributed by atoms with Crippen LogP contribution in [0.2, 0.25) is 0 Å². The first-order valence-electron chi connectivity index (χ1n) is 8.32. The Morgan fingerprint density at radius 1 is 1.19 bits per heavy atom. The van der Waals surface area contributed by atoms with Gasteiger partial charge in [0.05, 0.1) is 13.2 Å². The van der Waals surface area contributed by atoms with Gasteiger partial charge in [0, 0.05) is 26.0 Å². The molecular formula is C18H19N3O5. The van der Waals surface area contributed by atoms with Gasteiger partial charge in [-0.1, -0.05) is 35.5 Å². The van der Waals surface area contributed by atoms with Crippen molar-refractivity contribution in [3.63, 3.8) is 0 Å². The predicted molar refractivity (Wildman–Crippen MR) is 89.4 cm³/mol. The monoisotopic (exact) mass is 357 g/mol. The van der Waals surface area contributed by atoms with Gasteiger partial charge in [-0.05, 0) is 0 Å². The van der Waals surface area contributed by atoms with Crippen LogP contribution in [-0.2, 0) is 21.7 Å². The average molecular weight is 357 g/mol. The first-order chi connectivity index (χ1) is 12.7. The summed E-state index contributed by atoms with van der Waals surface area (Å²) in [5.41, 5.74) is 0.875. The van der Waals surface area contributed by atoms with Gasteiger partial charge in [-0.3, -0.25) is 0 Å². The molecule has 4 rings (SSSR count). The van der Waals surface area contributed by atoms with Gasteiger partial charge in [0.15, 0.2) is 29.4 Å². The maximum Gasteiger partial charge on any atom is 0.254 e. The number of hydrogen-bond acceptors (Lipinski definition) is 8. The molecule has 1 saturated heterocycles. The molecule has 1 aliphatic heterocycles. The van der Waals surface area contributed by atoms with Crippen LogP contribution in [0.5, 0.6) is 5.75 Å². The van der Waals surface area contributed by atoms with Crippen LogP contribution < -0.4 is 4.74 Å². The SMILES string of the molecule is COC1(c2nnc(COc3c(-c4ccccc4)noc3C)o2)CCOC1. The molecular weight excluding hydrogens is 338 g/mol. The second-order valence-corrected chi connectivity index (χ2v) is 6.07. The zero-order valence-electron chi connectivity index (χ0n) is 14.6. The molecule has 1 aliphatic rings. The Balaban J connectivity index is 1.51. The fraction of sp³-hybridized carbons (Fsp3) is 0.389. The molecule has 3 heterocycles. The van der Waals surface area contributed by atoms with Gasteiger partial charge >= 0.3 is 0 Å². The largest absolute Gasteiger partial charge is 0.478 e. The van der Waals surface area contributed by atoms with Crippen molar-refractivity contribution in [1.82, 2.24) is 15.4 Å². The molecule has 2 aromatic heterocycles. The van der Waals surface area contributed by atoms with Crippen molar-refractivity contribution in [3.05, 3.63) is 47.9 Å². The van der Waals surface area contributed by atoms with Gasteiger partial charge in [-0.25, -0.2) is 0 Å². The number of nitrogens with zero attached hydrogens (tertiary/aromatic N) is 3. The third-order valence-electron chi connectivity index (χ3n) is 4.43. The summed E-state index contributed by atoms with van der Waals surface area (Å²) < 4.78 is 27.9. The first-order valence-corrected chi connectivity index (χ1v) is 8.32. The zero-order chi connectivity index (χ0) is 18.0. The van der Waals surface area contributed by atoms with E-state index in [-0.39, 0.29) is 6.61 Å². The van der Waals surface area contributed by atoms with E-state index < -0.39 is 5.60 Å². The van der Waals surface area contributed by atoms with Crippen LogP contribution in [0.4, 0.5) is 0 Å². The number of ether oxygens (including phenoxy) is 3. The molecule has 1 fully saturated rings. The van der Waals surface area contributed by atoms with Gasteiger partial charge in [-0.2, -0.15) is 0 Å². The zero-order valence-corrected chi connectivity index (χ0v) is 14.6. The van der Waals surface area contributed by atoms with E-state index >= 15 is 0 Å². The minimum absolute atomic E-state index is 0.107. The predicted octanol–water partition coefficient (Wildman–Crippen LogP) is 2.87. The van der Waals surface area contributed by atoms with Crippen molar-refractivity contribution >= 4 is 0 Å². The summed E-state index contributed by atoms with van der Waals surface area (Å²) in [5.74, 6) is 1.90. The molecule has 8 nitrogen and oxygen atoms in total. The topological polar surface area (TPSA) is 92.6 Å². The summed E-state index contributed by atoms with van der Waals surface area (Å²) in [4.78, 5) is 0. The standard InChI is InChI=1S/C18H19N3O5/c1-12-16(15(21-26-12)13-6-4-3-5-7-13)24-10-14-19-20-17(25-14)18(22-2)8-9-23-11-18/h3-7H,8-11H2,1-2H3. The highest BCUT2D eigenvalue weighted by Crippen LogP contribution is 2.34. The molecule has 1 unspecified atom stereocenters. The molecule has 26 heavy (non-hydrogen) atoms. The molecule has 0 bridgehead atoms. The van der Waals surface area contributed by atoms with Crippen LogP contribution in [-0.4, -0.2) is 35.7 Å². The Kier molecular flexibility index (Phi) is 4.44. The summed E-state index contributed by atoms with van der Waals surface area (Å²) in [6.45, 7) is 2.90. The van der Waals surface area contributed by atoms with Crippen molar-refractivity contribution in [1.29, 1.82) is 0 Å². The van der Waals surface area contributed by atoms with Gasteiger partial charge in [0.2, 0.25) is 0 Å². The Morgan fingerprint density at radius 3 is 2.77 bits per heavy atom. The molecule has 0 saturated carbocycles. The smallest absolute Gasteiger partial charge is 0.254 e. The minimum atomic E-state index is -0.673. The molecule has 0 radical (unpaired) electrons. The number of hydrogen-bond donors (Lipinski definition) is 0. The molecule has 1 aromatic carbocycles. The normalized spacial score (nSPS) is 19.8. The molecule has 8 heteroatoms. The Bertz CT molecular complexity index is 868. The third kappa shape index (κ3) is 2.97. The van der Waals surface area contributed by atoms with E-state index in [0.29, 0.717) is 48.6 Å². The molecule has 1 atom stereocenters. The summed E-state index contributed by atoms with van der Waals surface area (Å²) in [6.07, 6.45) is 0.676. The first kappa shape index (κ1) is 16.7. The van der Waals surface area contributed by atoms with Crippen molar-refractivity contribution in [2.45, 2.75) is 25.6 Å². The van der Waals surface area contributed by atoms with Gasteiger partial charge < -0.3 is 23.2 Å². The lowest BCUT2D eigenvalue weighted by atomic mass is 10.0. The average Bonchev–Trinajstić information content (AvgIpc) is 3.41. The molecule has 0 aliphatic carbocycles. The Hall–Kier alpha value is -2.71. The van der Waals surface area contributed by atoms with Crippen LogP contribution in [0.1, 0.15) is 24.0 Å². The van der Waals surface area contributed by atoms with E-state index in [0.717, 1.165) is 5.56 Å². The Labute approximate surface area is 150 Å². The Morgan fingerprint density at radius 2 is 2.04 bits per heavy atom. The van der Waals surface area contributed by atoms with Crippen LogP contribution in [0.15, 0.2) is 39.3 Å². The van der Waals surface area contributed by atoms with E-state index in [1.54, 1.807) is 14.0 Å². The van der Waals surface area contributed by atoms with E-state index in [2.05, 4.69) is 15.4 Å². The summed E-state index contributed by atoms with van der Waals surface area (Å²) in [7, 11) is 1.61. The minimum Gasteiger partial charge on any atom is -0.478 e. The second-order valence-electron chi connectivity index (χ2n) is 6.07. The number of methoxy groups -OCH3 is 1. The van der Waals surface area contributed by atoms with Gasteiger partial charge in [0.1, 0.15) is 0 Å². The summed E-state index contributed by atoms with van der Waals surface area (Å²) in [6, 6.07) is 9.69. The number of aryl methyl sites for hydroxylation is 1. The maximum atomic E-state index is 5.87. The highest BCUT2D eigenvalue weighted by molar-refractivity contribution is 5.66. The molecule has 0 N–H and O–H groups in total. The van der Waals surface area contributed by atoms with Crippen LogP contribution >= 0.6 is 0 Å². The summed E-state index contributed by atoms with van der Waals surface area (Å²) >= 11 is 0. The molecule has 3 aromatic rings. The lowest BCUT2D eigenvalue weighted by Gasteiger charge is -2.20. The number of rotatable bonds is 6. The van der Waals surface area contributed by atoms with Crippen molar-refractivity contribution in [3.8, 4) is 17.0 Å². The van der Waals surface area contributed by atoms with E-state index in [1.807, 2.05) is 30.3 Å². The molecule has 0 spiro atoms. The van der Waals surface area contributed by atoms with Gasteiger partial charge in [-0.15, -0.1) is 10.2 Å². The lowest BCUT2D eigenvalue weighted by molar-refractivity contribution is -0.0420. The van der Waals surface area contributed by atoms with E-state index in [4.69, 9.17) is 23.2 Å². The maximum absolute atomic E-state index is 5.87. The van der Waals surface area contributed by atoms with Crippen molar-refractivity contribution in [2.24, 2.45) is 0 Å². The van der Waals surface area contributed by atoms with E-state index in [9.17, 15) is 0 Å². The van der Waals surface area contributed by atoms with Crippen molar-refractivity contribution in [2.75, 3.05) is 20.3 Å². The van der Waals surface area contributed by atoms with E-state index in [1.165, 1.54) is 0 Å². The third-order valence-corrected chi connectivity index (χ3v) is 4.43. The highest BCUT2D eigenvalue weighted by Gasteiger charge is 2.42. The molecule has 0 amide bonds. The summed E-state index contributed by atoms with van der Waals surface area (Å²) in [5, 5.41) is 12.2.